The minimum absolute atomic E-state index is 0.0000491. The first-order valence-corrected chi connectivity index (χ1v) is 11.5. The van der Waals surface area contributed by atoms with Gasteiger partial charge in [0.05, 0.1) is 12.5 Å². The Labute approximate surface area is 153 Å². The normalized spacial score (nSPS) is 12.1. The fraction of sp³-hybridized carbons (Fsp3) is 0.111. The third kappa shape index (κ3) is 3.81. The molecule has 0 unspecified atom stereocenters. The number of sulfonamides is 1. The lowest BCUT2D eigenvalue weighted by Crippen LogP contribution is -2.17. The van der Waals surface area contributed by atoms with Gasteiger partial charge in [0.15, 0.2) is 0 Å². The Hall–Kier alpha value is -2.58. The van der Waals surface area contributed by atoms with E-state index in [1.165, 1.54) is 6.20 Å². The van der Waals surface area contributed by atoms with E-state index in [0.29, 0.717) is 16.7 Å². The Morgan fingerprint density at radius 3 is 1.73 bits per heavy atom. The van der Waals surface area contributed by atoms with Crippen molar-refractivity contribution < 1.29 is 16.8 Å². The van der Waals surface area contributed by atoms with Crippen LogP contribution in [0.5, 0.6) is 0 Å². The van der Waals surface area contributed by atoms with E-state index < -0.39 is 20.0 Å². The first-order valence-electron chi connectivity index (χ1n) is 7.71. The molecule has 0 aliphatic carbocycles. The second kappa shape index (κ2) is 6.62. The van der Waals surface area contributed by atoms with Crippen LogP contribution >= 0.6 is 0 Å². The Morgan fingerprint density at radius 1 is 0.769 bits per heavy atom. The van der Waals surface area contributed by atoms with Crippen LogP contribution in [0.1, 0.15) is 0 Å². The van der Waals surface area contributed by atoms with Crippen LogP contribution in [0.3, 0.4) is 0 Å². The topological polar surface area (TPSA) is 85.2 Å². The van der Waals surface area contributed by atoms with Gasteiger partial charge in [-0.25, -0.2) is 20.8 Å². The summed E-state index contributed by atoms with van der Waals surface area (Å²) in [6, 6.07) is 18.3. The Morgan fingerprint density at radius 2 is 1.27 bits per heavy atom. The first-order chi connectivity index (χ1) is 12.2. The molecule has 3 aromatic rings. The van der Waals surface area contributed by atoms with Crippen LogP contribution in [0.15, 0.2) is 66.9 Å². The zero-order valence-electron chi connectivity index (χ0n) is 14.2. The molecule has 8 heteroatoms. The van der Waals surface area contributed by atoms with Gasteiger partial charge in [0.1, 0.15) is 5.82 Å². The molecule has 0 atom stereocenters. The summed E-state index contributed by atoms with van der Waals surface area (Å²) < 4.78 is 51.7. The molecule has 1 N–H and O–H groups in total. The van der Waals surface area contributed by atoms with Gasteiger partial charge in [-0.1, -0.05) is 60.7 Å². The molecule has 0 saturated heterocycles. The molecular weight excluding hydrogens is 372 g/mol. The van der Waals surface area contributed by atoms with Crippen molar-refractivity contribution in [3.63, 3.8) is 0 Å². The van der Waals surface area contributed by atoms with E-state index in [-0.39, 0.29) is 5.82 Å². The zero-order chi connectivity index (χ0) is 18.9. The molecule has 0 spiro atoms. The van der Waals surface area contributed by atoms with Gasteiger partial charge in [-0.2, -0.15) is 0 Å². The summed E-state index contributed by atoms with van der Waals surface area (Å²) in [7, 11) is -7.43. The number of rotatable bonds is 5. The van der Waals surface area contributed by atoms with Crippen molar-refractivity contribution >= 4 is 25.9 Å². The average Bonchev–Trinajstić information content (AvgIpc) is 2.94. The van der Waals surface area contributed by atoms with Gasteiger partial charge < -0.3 is 0 Å². The standard InChI is InChI=1S/C18H18N2O4S2/c1-25(21,22)19-18-17(15-11-7-4-8-12-15)16(13-20(18)26(2,23)24)14-9-5-3-6-10-14/h3-13,19H,1-2H3. The fourth-order valence-electron chi connectivity index (χ4n) is 2.75. The molecule has 0 radical (unpaired) electrons. The van der Waals surface area contributed by atoms with Crippen molar-refractivity contribution in [1.29, 1.82) is 0 Å². The molecule has 2 aromatic carbocycles. The third-order valence-corrected chi connectivity index (χ3v) is 5.33. The summed E-state index contributed by atoms with van der Waals surface area (Å²) in [4.78, 5) is 0. The van der Waals surface area contributed by atoms with Crippen LogP contribution in [0.4, 0.5) is 5.82 Å². The second-order valence-corrected chi connectivity index (χ2v) is 9.54. The van der Waals surface area contributed by atoms with Crippen LogP contribution < -0.4 is 4.72 Å². The van der Waals surface area contributed by atoms with Crippen molar-refractivity contribution in [2.45, 2.75) is 0 Å². The largest absolute Gasteiger partial charge is 0.268 e. The van der Waals surface area contributed by atoms with Gasteiger partial charge in [-0.3, -0.25) is 4.72 Å². The predicted molar refractivity (Wildman–Crippen MR) is 104 cm³/mol. The number of benzene rings is 2. The summed E-state index contributed by atoms with van der Waals surface area (Å²) in [6.45, 7) is 0. The minimum Gasteiger partial charge on any atom is -0.268 e. The van der Waals surface area contributed by atoms with Gasteiger partial charge in [0, 0.05) is 17.3 Å². The van der Waals surface area contributed by atoms with E-state index in [1.54, 1.807) is 0 Å². The molecule has 0 aliphatic rings. The average molecular weight is 390 g/mol. The maximum absolute atomic E-state index is 12.3. The molecule has 0 amide bonds. The molecule has 0 bridgehead atoms. The summed E-state index contributed by atoms with van der Waals surface area (Å²) in [5.41, 5.74) is 2.62. The van der Waals surface area contributed by atoms with Crippen LogP contribution in [-0.4, -0.2) is 33.3 Å². The summed E-state index contributed by atoms with van der Waals surface area (Å²) >= 11 is 0. The minimum atomic E-state index is -3.73. The third-order valence-electron chi connectivity index (χ3n) is 3.76. The molecule has 3 rings (SSSR count). The second-order valence-electron chi connectivity index (χ2n) is 5.93. The van der Waals surface area contributed by atoms with Crippen molar-refractivity contribution in [2.75, 3.05) is 17.2 Å². The van der Waals surface area contributed by atoms with E-state index in [0.717, 1.165) is 22.0 Å². The Bertz CT molecular complexity index is 1130. The maximum atomic E-state index is 12.3. The fourth-order valence-corrected chi connectivity index (χ4v) is 4.13. The number of aromatic nitrogens is 1. The van der Waals surface area contributed by atoms with E-state index in [4.69, 9.17) is 0 Å². The smallest absolute Gasteiger partial charge is 0.237 e. The molecule has 0 aliphatic heterocycles. The lowest BCUT2D eigenvalue weighted by molar-refractivity contribution is 0.594. The van der Waals surface area contributed by atoms with E-state index in [1.807, 2.05) is 60.7 Å². The summed E-state index contributed by atoms with van der Waals surface area (Å²) in [5.74, 6) is 0.0000491. The number of anilines is 1. The monoisotopic (exact) mass is 390 g/mol. The molecule has 6 nitrogen and oxygen atoms in total. The van der Waals surface area contributed by atoms with Crippen molar-refractivity contribution in [2.24, 2.45) is 0 Å². The van der Waals surface area contributed by atoms with Crippen molar-refractivity contribution in [3.8, 4) is 22.3 Å². The molecule has 0 saturated carbocycles. The lowest BCUT2D eigenvalue weighted by Gasteiger charge is -2.12. The van der Waals surface area contributed by atoms with Crippen molar-refractivity contribution in [1.82, 2.24) is 3.97 Å². The SMILES string of the molecule is CS(=O)(=O)Nc1c(-c2ccccc2)c(-c2ccccc2)cn1S(C)(=O)=O. The number of nitrogens with one attached hydrogen (secondary N) is 1. The Balaban J connectivity index is 2.42. The molecule has 1 aromatic heterocycles. The lowest BCUT2D eigenvalue weighted by atomic mass is 9.98. The van der Waals surface area contributed by atoms with E-state index >= 15 is 0 Å². The predicted octanol–water partition coefficient (Wildman–Crippen LogP) is 3.00. The van der Waals surface area contributed by atoms with Gasteiger partial charge in [0.25, 0.3) is 0 Å². The quantitative estimate of drug-likeness (QED) is 0.726. The molecular formula is C18H18N2O4S2. The highest BCUT2D eigenvalue weighted by atomic mass is 32.2. The maximum Gasteiger partial charge on any atom is 0.237 e. The van der Waals surface area contributed by atoms with Crippen LogP contribution in [-0.2, 0) is 20.0 Å². The number of nitrogens with zero attached hydrogens (tertiary/aromatic N) is 1. The summed E-state index contributed by atoms with van der Waals surface area (Å²) in [5, 5.41) is 0. The number of hydrogen-bond acceptors (Lipinski definition) is 4. The van der Waals surface area contributed by atoms with Crippen molar-refractivity contribution in [3.05, 3.63) is 66.9 Å². The van der Waals surface area contributed by atoms with E-state index in [2.05, 4.69) is 4.72 Å². The van der Waals surface area contributed by atoms with Gasteiger partial charge in [-0.15, -0.1) is 0 Å². The van der Waals surface area contributed by atoms with E-state index in [9.17, 15) is 16.8 Å². The molecule has 136 valence electrons. The number of hydrogen-bond donors (Lipinski definition) is 1. The molecule has 1 heterocycles. The molecule has 0 fully saturated rings. The van der Waals surface area contributed by atoms with Gasteiger partial charge in [0.2, 0.25) is 20.0 Å². The van der Waals surface area contributed by atoms with Gasteiger partial charge in [-0.05, 0) is 11.1 Å². The van der Waals surface area contributed by atoms with Crippen LogP contribution in [0, 0.1) is 0 Å². The summed E-state index contributed by atoms with van der Waals surface area (Å²) in [6.07, 6.45) is 3.47. The first kappa shape index (κ1) is 18.2. The van der Waals surface area contributed by atoms with Crippen LogP contribution in [0.25, 0.3) is 22.3 Å². The highest BCUT2D eigenvalue weighted by Gasteiger charge is 2.24. The van der Waals surface area contributed by atoms with Crippen LogP contribution in [0.2, 0.25) is 0 Å². The molecule has 26 heavy (non-hydrogen) atoms. The highest BCUT2D eigenvalue weighted by Crippen LogP contribution is 2.40. The Kier molecular flexibility index (Phi) is 4.64. The zero-order valence-corrected chi connectivity index (χ0v) is 15.9. The van der Waals surface area contributed by atoms with Gasteiger partial charge >= 0.3 is 0 Å². The highest BCUT2D eigenvalue weighted by molar-refractivity contribution is 7.92.